The lowest BCUT2D eigenvalue weighted by molar-refractivity contribution is 0.0521. The lowest BCUT2D eigenvalue weighted by atomic mass is 10.2. The quantitative estimate of drug-likeness (QED) is 0.775. The molecule has 0 atom stereocenters. The number of benzene rings is 2. The molecule has 2 aromatic carbocycles. The second-order valence-corrected chi connectivity index (χ2v) is 4.61. The number of ether oxygens (including phenoxy) is 2. The van der Waals surface area contributed by atoms with Crippen molar-refractivity contribution in [3.8, 4) is 5.75 Å². The minimum atomic E-state index is -0.479. The van der Waals surface area contributed by atoms with Crippen molar-refractivity contribution in [2.24, 2.45) is 0 Å². The van der Waals surface area contributed by atoms with Gasteiger partial charge in [-0.2, -0.15) is 0 Å². The largest absolute Gasteiger partial charge is 0.488 e. The first-order chi connectivity index (χ1) is 10.1. The van der Waals surface area contributed by atoms with Crippen molar-refractivity contribution >= 4 is 17.6 Å². The summed E-state index contributed by atoms with van der Waals surface area (Å²) in [5.74, 6) is -0.598. The maximum Gasteiger partial charge on any atom is 0.341 e. The van der Waals surface area contributed by atoms with Crippen LogP contribution in [-0.2, 0) is 11.3 Å². The number of rotatable bonds is 5. The zero-order valence-corrected chi connectivity index (χ0v) is 12.2. The smallest absolute Gasteiger partial charge is 0.341 e. The summed E-state index contributed by atoms with van der Waals surface area (Å²) in [5.41, 5.74) is 0.546. The molecule has 110 valence electrons. The number of hydrogen-bond acceptors (Lipinski definition) is 3. The number of esters is 1. The Kier molecular flexibility index (Phi) is 5.17. The summed E-state index contributed by atoms with van der Waals surface area (Å²) in [5, 5.41) is 0.281. The van der Waals surface area contributed by atoms with E-state index < -0.39 is 11.8 Å². The second kappa shape index (κ2) is 7.09. The van der Waals surface area contributed by atoms with Gasteiger partial charge in [0.1, 0.15) is 23.7 Å². The van der Waals surface area contributed by atoms with Crippen LogP contribution in [0.25, 0.3) is 0 Å². The van der Waals surface area contributed by atoms with Gasteiger partial charge in [-0.25, -0.2) is 9.18 Å². The van der Waals surface area contributed by atoms with Crippen LogP contribution in [0, 0.1) is 5.82 Å². The van der Waals surface area contributed by atoms with E-state index in [1.54, 1.807) is 37.3 Å². The summed E-state index contributed by atoms with van der Waals surface area (Å²) in [7, 11) is 0. The Morgan fingerprint density at radius 2 is 1.95 bits per heavy atom. The Morgan fingerprint density at radius 3 is 2.67 bits per heavy atom. The van der Waals surface area contributed by atoms with Gasteiger partial charge in [-0.05, 0) is 31.2 Å². The fourth-order valence-corrected chi connectivity index (χ4v) is 2.01. The number of carbonyl (C=O) groups excluding carboxylic acids is 1. The van der Waals surface area contributed by atoms with Crippen LogP contribution in [0.5, 0.6) is 5.75 Å². The Bertz CT molecular complexity index is 623. The van der Waals surface area contributed by atoms with Gasteiger partial charge >= 0.3 is 5.97 Å². The van der Waals surface area contributed by atoms with Gasteiger partial charge in [0.25, 0.3) is 0 Å². The van der Waals surface area contributed by atoms with Crippen LogP contribution in [0.2, 0.25) is 5.02 Å². The van der Waals surface area contributed by atoms with Gasteiger partial charge in [0.2, 0.25) is 0 Å². The standard InChI is InChI=1S/C16H14ClFO3/c1-2-20-16(19)11-6-3-4-9-15(11)21-10-12-13(17)7-5-8-14(12)18/h3-9H,2,10H2,1H3. The highest BCUT2D eigenvalue weighted by molar-refractivity contribution is 6.31. The van der Waals surface area contributed by atoms with Crippen molar-refractivity contribution < 1.29 is 18.7 Å². The molecule has 0 fully saturated rings. The van der Waals surface area contributed by atoms with Gasteiger partial charge in [-0.3, -0.25) is 0 Å². The van der Waals surface area contributed by atoms with E-state index in [2.05, 4.69) is 0 Å². The number of carbonyl (C=O) groups is 1. The van der Waals surface area contributed by atoms with Crippen LogP contribution in [-0.4, -0.2) is 12.6 Å². The van der Waals surface area contributed by atoms with Crippen LogP contribution < -0.4 is 4.74 Å². The van der Waals surface area contributed by atoms with Crippen LogP contribution in [0.4, 0.5) is 4.39 Å². The van der Waals surface area contributed by atoms with Crippen molar-refractivity contribution in [1.29, 1.82) is 0 Å². The molecule has 0 saturated heterocycles. The van der Waals surface area contributed by atoms with E-state index >= 15 is 0 Å². The first-order valence-electron chi connectivity index (χ1n) is 6.45. The highest BCUT2D eigenvalue weighted by atomic mass is 35.5. The summed E-state index contributed by atoms with van der Waals surface area (Å²) < 4.78 is 24.2. The molecule has 0 aromatic heterocycles. The molecule has 0 aliphatic carbocycles. The van der Waals surface area contributed by atoms with Gasteiger partial charge in [0.15, 0.2) is 0 Å². The molecule has 0 bridgehead atoms. The van der Waals surface area contributed by atoms with E-state index in [-0.39, 0.29) is 23.8 Å². The molecule has 21 heavy (non-hydrogen) atoms. The molecule has 0 unspecified atom stereocenters. The highest BCUT2D eigenvalue weighted by Crippen LogP contribution is 2.24. The summed E-state index contributed by atoms with van der Waals surface area (Å²) in [6, 6.07) is 11.1. The average Bonchev–Trinajstić information content (AvgIpc) is 2.47. The van der Waals surface area contributed by atoms with Crippen LogP contribution in [0.15, 0.2) is 42.5 Å². The third-order valence-corrected chi connectivity index (χ3v) is 3.17. The Morgan fingerprint density at radius 1 is 1.19 bits per heavy atom. The first-order valence-corrected chi connectivity index (χ1v) is 6.83. The number of hydrogen-bond donors (Lipinski definition) is 0. The molecule has 2 rings (SSSR count). The molecule has 0 aliphatic heterocycles. The van der Waals surface area contributed by atoms with Crippen molar-refractivity contribution in [2.75, 3.05) is 6.61 Å². The van der Waals surface area contributed by atoms with Gasteiger partial charge in [-0.15, -0.1) is 0 Å². The van der Waals surface area contributed by atoms with Gasteiger partial charge in [0, 0.05) is 5.56 Å². The zero-order valence-electron chi connectivity index (χ0n) is 11.4. The predicted molar refractivity (Wildman–Crippen MR) is 78.1 cm³/mol. The summed E-state index contributed by atoms with van der Waals surface area (Å²) in [4.78, 5) is 11.8. The fraction of sp³-hybridized carbons (Fsp3) is 0.188. The maximum absolute atomic E-state index is 13.7. The Hall–Kier alpha value is -2.07. The molecule has 0 radical (unpaired) electrons. The maximum atomic E-state index is 13.7. The third kappa shape index (κ3) is 3.73. The number of para-hydroxylation sites is 1. The minimum absolute atomic E-state index is 0.0675. The lowest BCUT2D eigenvalue weighted by Crippen LogP contribution is -2.08. The highest BCUT2D eigenvalue weighted by Gasteiger charge is 2.14. The summed E-state index contributed by atoms with van der Waals surface area (Å²) in [6.07, 6.45) is 0. The molecule has 0 heterocycles. The molecule has 0 aliphatic rings. The third-order valence-electron chi connectivity index (χ3n) is 2.82. The van der Waals surface area contributed by atoms with Crippen LogP contribution in [0.3, 0.4) is 0 Å². The Labute approximate surface area is 127 Å². The normalized spacial score (nSPS) is 10.2. The zero-order chi connectivity index (χ0) is 15.2. The van der Waals surface area contributed by atoms with Gasteiger partial charge < -0.3 is 9.47 Å². The van der Waals surface area contributed by atoms with E-state index in [1.165, 1.54) is 12.1 Å². The van der Waals surface area contributed by atoms with E-state index in [0.717, 1.165) is 0 Å². The van der Waals surface area contributed by atoms with Gasteiger partial charge in [0.05, 0.1) is 11.6 Å². The van der Waals surface area contributed by atoms with Crippen LogP contribution in [0.1, 0.15) is 22.8 Å². The Balaban J connectivity index is 2.19. The molecular weight excluding hydrogens is 295 g/mol. The SMILES string of the molecule is CCOC(=O)c1ccccc1OCc1c(F)cccc1Cl. The second-order valence-electron chi connectivity index (χ2n) is 4.21. The molecule has 2 aromatic rings. The van der Waals surface area contributed by atoms with Gasteiger partial charge in [-0.1, -0.05) is 29.8 Å². The van der Waals surface area contributed by atoms with Crippen molar-refractivity contribution in [1.82, 2.24) is 0 Å². The molecule has 0 saturated carbocycles. The van der Waals surface area contributed by atoms with E-state index in [9.17, 15) is 9.18 Å². The minimum Gasteiger partial charge on any atom is -0.488 e. The molecule has 0 amide bonds. The van der Waals surface area contributed by atoms with E-state index in [4.69, 9.17) is 21.1 Å². The monoisotopic (exact) mass is 308 g/mol. The van der Waals surface area contributed by atoms with Crippen LogP contribution >= 0.6 is 11.6 Å². The van der Waals surface area contributed by atoms with E-state index in [1.807, 2.05) is 0 Å². The first kappa shape index (κ1) is 15.3. The summed E-state index contributed by atoms with van der Waals surface area (Å²) in [6.45, 7) is 1.93. The lowest BCUT2D eigenvalue weighted by Gasteiger charge is -2.12. The predicted octanol–water partition coefficient (Wildman–Crippen LogP) is 4.23. The fourth-order valence-electron chi connectivity index (χ4n) is 1.79. The van der Waals surface area contributed by atoms with Crippen molar-refractivity contribution in [2.45, 2.75) is 13.5 Å². The van der Waals surface area contributed by atoms with Crippen molar-refractivity contribution in [3.63, 3.8) is 0 Å². The topological polar surface area (TPSA) is 35.5 Å². The van der Waals surface area contributed by atoms with Crippen molar-refractivity contribution in [3.05, 3.63) is 64.4 Å². The van der Waals surface area contributed by atoms with E-state index in [0.29, 0.717) is 11.3 Å². The molecule has 5 heteroatoms. The molecular formula is C16H14ClFO3. The molecule has 0 N–H and O–H groups in total. The molecule has 3 nitrogen and oxygen atoms in total. The number of halogens is 2. The average molecular weight is 309 g/mol. The summed E-state index contributed by atoms with van der Waals surface area (Å²) >= 11 is 5.94. The molecule has 0 spiro atoms.